The van der Waals surface area contributed by atoms with E-state index in [0.29, 0.717) is 28.3 Å². The number of nitrogens with one attached hydrogen (secondary N) is 2. The van der Waals surface area contributed by atoms with Crippen molar-refractivity contribution in [1.29, 1.82) is 0 Å². The van der Waals surface area contributed by atoms with Crippen molar-refractivity contribution in [1.82, 2.24) is 5.32 Å². The van der Waals surface area contributed by atoms with Crippen LogP contribution in [0.25, 0.3) is 0 Å². The van der Waals surface area contributed by atoms with Crippen molar-refractivity contribution in [2.75, 3.05) is 19.5 Å². The number of ether oxygens (including phenoxy) is 2. The van der Waals surface area contributed by atoms with Gasteiger partial charge in [0.25, 0.3) is 11.8 Å². The zero-order chi connectivity index (χ0) is 19.1. The van der Waals surface area contributed by atoms with E-state index in [1.807, 2.05) is 13.8 Å². The molecule has 2 rings (SSSR count). The van der Waals surface area contributed by atoms with Gasteiger partial charge in [-0.05, 0) is 43.7 Å². The van der Waals surface area contributed by atoms with Gasteiger partial charge in [0.15, 0.2) is 11.5 Å². The minimum Gasteiger partial charge on any atom is -0.493 e. The van der Waals surface area contributed by atoms with E-state index in [4.69, 9.17) is 9.47 Å². The first-order valence-electron chi connectivity index (χ1n) is 8.42. The predicted molar refractivity (Wildman–Crippen MR) is 101 cm³/mol. The van der Waals surface area contributed by atoms with Crippen molar-refractivity contribution in [3.8, 4) is 11.5 Å². The molecule has 0 saturated heterocycles. The van der Waals surface area contributed by atoms with Crippen LogP contribution >= 0.6 is 0 Å². The number of anilines is 1. The van der Waals surface area contributed by atoms with Crippen LogP contribution in [0.5, 0.6) is 11.5 Å². The molecule has 0 heterocycles. The molecule has 0 bridgehead atoms. The Hall–Kier alpha value is -3.02. The number of rotatable bonds is 7. The van der Waals surface area contributed by atoms with Crippen LogP contribution in [-0.4, -0.2) is 32.1 Å². The third-order valence-corrected chi connectivity index (χ3v) is 4.02. The summed E-state index contributed by atoms with van der Waals surface area (Å²) in [5.74, 6) is 0.594. The number of methoxy groups -OCH3 is 2. The van der Waals surface area contributed by atoms with Gasteiger partial charge in [-0.15, -0.1) is 0 Å². The smallest absolute Gasteiger partial charge is 0.255 e. The molecule has 2 N–H and O–H groups in total. The van der Waals surface area contributed by atoms with Gasteiger partial charge in [-0.25, -0.2) is 0 Å². The van der Waals surface area contributed by atoms with E-state index < -0.39 is 0 Å². The summed E-state index contributed by atoms with van der Waals surface area (Å²) < 4.78 is 10.4. The highest BCUT2D eigenvalue weighted by molar-refractivity contribution is 6.06. The third kappa shape index (κ3) is 4.75. The Morgan fingerprint density at radius 1 is 0.962 bits per heavy atom. The minimum absolute atomic E-state index is 0.0757. The van der Waals surface area contributed by atoms with Crippen molar-refractivity contribution >= 4 is 17.5 Å². The van der Waals surface area contributed by atoms with E-state index in [1.54, 1.807) is 49.6 Å². The summed E-state index contributed by atoms with van der Waals surface area (Å²) in [6.07, 6.45) is 0.839. The van der Waals surface area contributed by atoms with Gasteiger partial charge >= 0.3 is 0 Å². The van der Waals surface area contributed by atoms with Gasteiger partial charge < -0.3 is 20.1 Å². The van der Waals surface area contributed by atoms with E-state index in [9.17, 15) is 9.59 Å². The summed E-state index contributed by atoms with van der Waals surface area (Å²) in [4.78, 5) is 24.7. The van der Waals surface area contributed by atoms with Crippen molar-refractivity contribution in [3.05, 3.63) is 53.6 Å². The number of hydrogen-bond acceptors (Lipinski definition) is 4. The van der Waals surface area contributed by atoms with Gasteiger partial charge in [0.2, 0.25) is 0 Å². The average molecular weight is 356 g/mol. The largest absolute Gasteiger partial charge is 0.493 e. The zero-order valence-electron chi connectivity index (χ0n) is 15.5. The summed E-state index contributed by atoms with van der Waals surface area (Å²) in [7, 11) is 3.08. The lowest BCUT2D eigenvalue weighted by atomic mass is 10.1. The molecule has 26 heavy (non-hydrogen) atoms. The fourth-order valence-corrected chi connectivity index (χ4v) is 2.33. The molecule has 1 atom stereocenters. The van der Waals surface area contributed by atoms with Gasteiger partial charge in [-0.1, -0.05) is 13.0 Å². The second-order valence-electron chi connectivity index (χ2n) is 5.89. The van der Waals surface area contributed by atoms with Crippen LogP contribution in [-0.2, 0) is 0 Å². The second-order valence-corrected chi connectivity index (χ2v) is 5.89. The molecule has 138 valence electrons. The first kappa shape index (κ1) is 19.3. The molecule has 0 saturated carbocycles. The van der Waals surface area contributed by atoms with Crippen LogP contribution in [0.15, 0.2) is 42.5 Å². The predicted octanol–water partition coefficient (Wildman–Crippen LogP) is 3.48. The molecule has 0 radical (unpaired) electrons. The maximum Gasteiger partial charge on any atom is 0.255 e. The Kier molecular flexibility index (Phi) is 6.60. The standard InChI is InChI=1S/C20H24N2O4/c1-5-13(2)21-19(23)14-7-6-8-15(11-14)20(24)22-16-9-10-17(25-3)18(12-16)26-4/h6-13H,5H2,1-4H3,(H,21,23)(H,22,24). The van der Waals surface area contributed by atoms with Gasteiger partial charge in [-0.2, -0.15) is 0 Å². The third-order valence-electron chi connectivity index (χ3n) is 4.02. The fraction of sp³-hybridized carbons (Fsp3) is 0.300. The molecule has 0 spiro atoms. The van der Waals surface area contributed by atoms with Gasteiger partial charge in [0, 0.05) is 28.9 Å². The van der Waals surface area contributed by atoms with Crippen molar-refractivity contribution in [3.63, 3.8) is 0 Å². The Labute approximate surface area is 153 Å². The quantitative estimate of drug-likeness (QED) is 0.796. The average Bonchev–Trinajstić information content (AvgIpc) is 2.67. The monoisotopic (exact) mass is 356 g/mol. The van der Waals surface area contributed by atoms with Crippen LogP contribution in [0.2, 0.25) is 0 Å². The molecule has 6 heteroatoms. The van der Waals surface area contributed by atoms with Crippen LogP contribution < -0.4 is 20.1 Å². The highest BCUT2D eigenvalue weighted by Crippen LogP contribution is 2.29. The number of amides is 2. The van der Waals surface area contributed by atoms with E-state index in [2.05, 4.69) is 10.6 Å². The lowest BCUT2D eigenvalue weighted by Gasteiger charge is -2.12. The van der Waals surface area contributed by atoms with Crippen LogP contribution in [0, 0.1) is 0 Å². The Balaban J connectivity index is 2.15. The maximum atomic E-state index is 12.5. The summed E-state index contributed by atoms with van der Waals surface area (Å²) in [5, 5.41) is 5.68. The topological polar surface area (TPSA) is 76.7 Å². The fourth-order valence-electron chi connectivity index (χ4n) is 2.33. The molecule has 1 unspecified atom stereocenters. The van der Waals surface area contributed by atoms with E-state index in [0.717, 1.165) is 6.42 Å². The van der Waals surface area contributed by atoms with Gasteiger partial charge in [0.05, 0.1) is 14.2 Å². The first-order chi connectivity index (χ1) is 12.5. The normalized spacial score (nSPS) is 11.4. The summed E-state index contributed by atoms with van der Waals surface area (Å²) in [6.45, 7) is 3.93. The number of carbonyl (C=O) groups excluding carboxylic acids is 2. The SMILES string of the molecule is CCC(C)NC(=O)c1cccc(C(=O)Nc2ccc(OC)c(OC)c2)c1. The van der Waals surface area contributed by atoms with E-state index >= 15 is 0 Å². The first-order valence-corrected chi connectivity index (χ1v) is 8.42. The van der Waals surface area contributed by atoms with Crippen molar-refractivity contribution in [2.24, 2.45) is 0 Å². The lowest BCUT2D eigenvalue weighted by molar-refractivity contribution is 0.0939. The summed E-state index contributed by atoms with van der Waals surface area (Å²) in [6, 6.07) is 11.8. The van der Waals surface area contributed by atoms with E-state index in [1.165, 1.54) is 7.11 Å². The molecule has 0 fully saturated rings. The molecule has 6 nitrogen and oxygen atoms in total. The Bertz CT molecular complexity index is 789. The molecular formula is C20H24N2O4. The van der Waals surface area contributed by atoms with Crippen molar-refractivity contribution < 1.29 is 19.1 Å². The molecule has 2 aromatic rings. The summed E-state index contributed by atoms with van der Waals surface area (Å²) >= 11 is 0. The molecule has 0 aromatic heterocycles. The molecule has 2 aromatic carbocycles. The van der Waals surface area contributed by atoms with Crippen LogP contribution in [0.3, 0.4) is 0 Å². The molecule has 0 aliphatic carbocycles. The van der Waals surface area contributed by atoms with Gasteiger partial charge in [-0.3, -0.25) is 9.59 Å². The number of benzene rings is 2. The van der Waals surface area contributed by atoms with Crippen molar-refractivity contribution in [2.45, 2.75) is 26.3 Å². The zero-order valence-corrected chi connectivity index (χ0v) is 15.5. The Morgan fingerprint density at radius 2 is 1.62 bits per heavy atom. The van der Waals surface area contributed by atoms with E-state index in [-0.39, 0.29) is 17.9 Å². The van der Waals surface area contributed by atoms with Gasteiger partial charge in [0.1, 0.15) is 0 Å². The maximum absolute atomic E-state index is 12.5. The Morgan fingerprint density at radius 3 is 2.23 bits per heavy atom. The van der Waals surface area contributed by atoms with Crippen LogP contribution in [0.4, 0.5) is 5.69 Å². The van der Waals surface area contributed by atoms with Crippen LogP contribution in [0.1, 0.15) is 41.0 Å². The molecule has 0 aliphatic rings. The molecule has 2 amide bonds. The molecular weight excluding hydrogens is 332 g/mol. The number of carbonyl (C=O) groups is 2. The highest BCUT2D eigenvalue weighted by Gasteiger charge is 2.13. The minimum atomic E-state index is -0.310. The molecule has 0 aliphatic heterocycles. The lowest BCUT2D eigenvalue weighted by Crippen LogP contribution is -2.32. The second kappa shape index (κ2) is 8.89. The summed E-state index contributed by atoms with van der Waals surface area (Å²) in [5.41, 5.74) is 1.42. The number of hydrogen-bond donors (Lipinski definition) is 2. The highest BCUT2D eigenvalue weighted by atomic mass is 16.5.